The van der Waals surface area contributed by atoms with Gasteiger partial charge in [-0.25, -0.2) is 0 Å². The predicted molar refractivity (Wildman–Crippen MR) is 73.8 cm³/mol. The average molecular weight is 266 g/mol. The second-order valence-electron chi connectivity index (χ2n) is 6.74. The van der Waals surface area contributed by atoms with E-state index >= 15 is 0 Å². The van der Waals surface area contributed by atoms with Crippen LogP contribution in [0.5, 0.6) is 0 Å². The summed E-state index contributed by atoms with van der Waals surface area (Å²) in [6.45, 7) is 4.26. The fourth-order valence-electron chi connectivity index (χ4n) is 3.19. The molecule has 1 atom stereocenters. The number of ether oxygens (including phenoxy) is 1. The van der Waals surface area contributed by atoms with Crippen LogP contribution in [-0.4, -0.2) is 50.7 Å². The molecule has 1 aliphatic heterocycles. The second-order valence-corrected chi connectivity index (χ2v) is 6.74. The van der Waals surface area contributed by atoms with Gasteiger partial charge in [0, 0.05) is 26.7 Å². The maximum absolute atomic E-state index is 13.0. The maximum Gasteiger partial charge on any atom is 0.232 e. The van der Waals surface area contributed by atoms with E-state index in [9.17, 15) is 4.79 Å². The Morgan fingerprint density at radius 1 is 1.26 bits per heavy atom. The fourth-order valence-corrected chi connectivity index (χ4v) is 3.19. The van der Waals surface area contributed by atoms with Crippen LogP contribution in [0, 0.1) is 17.3 Å². The summed E-state index contributed by atoms with van der Waals surface area (Å²) in [5, 5.41) is 3.34. The molecule has 0 aromatic carbocycles. The van der Waals surface area contributed by atoms with Crippen LogP contribution >= 0.6 is 0 Å². The summed E-state index contributed by atoms with van der Waals surface area (Å²) in [6, 6.07) is 0. The molecule has 1 N–H and O–H groups in total. The third kappa shape index (κ3) is 3.11. The van der Waals surface area contributed by atoms with Gasteiger partial charge in [-0.15, -0.1) is 0 Å². The molecule has 1 heterocycles. The number of rotatable bonds is 7. The molecule has 2 saturated carbocycles. The Balaban J connectivity index is 1.68. The molecule has 3 aliphatic rings. The number of hydrogen-bond donors (Lipinski definition) is 1. The van der Waals surface area contributed by atoms with Crippen molar-refractivity contribution in [1.82, 2.24) is 10.2 Å². The highest BCUT2D eigenvalue weighted by molar-refractivity contribution is 5.83. The number of nitrogens with zero attached hydrogens (tertiary/aromatic N) is 1. The Kier molecular flexibility index (Phi) is 3.81. The normalized spacial score (nSPS) is 30.6. The third-order valence-corrected chi connectivity index (χ3v) is 4.76. The third-order valence-electron chi connectivity index (χ3n) is 4.76. The van der Waals surface area contributed by atoms with Crippen molar-refractivity contribution >= 4 is 5.91 Å². The van der Waals surface area contributed by atoms with Crippen LogP contribution in [0.3, 0.4) is 0 Å². The van der Waals surface area contributed by atoms with Crippen LogP contribution in [0.25, 0.3) is 0 Å². The van der Waals surface area contributed by atoms with Crippen LogP contribution < -0.4 is 5.32 Å². The van der Waals surface area contributed by atoms with Crippen LogP contribution in [0.15, 0.2) is 0 Å². The summed E-state index contributed by atoms with van der Waals surface area (Å²) in [5.41, 5.74) is -0.293. The Morgan fingerprint density at radius 3 is 2.32 bits per heavy atom. The van der Waals surface area contributed by atoms with Gasteiger partial charge in [-0.1, -0.05) is 0 Å². The van der Waals surface area contributed by atoms with E-state index in [0.29, 0.717) is 12.5 Å². The topological polar surface area (TPSA) is 41.6 Å². The largest absolute Gasteiger partial charge is 0.384 e. The minimum absolute atomic E-state index is 0.293. The summed E-state index contributed by atoms with van der Waals surface area (Å²) >= 11 is 0. The van der Waals surface area contributed by atoms with Gasteiger partial charge in [-0.2, -0.15) is 0 Å². The lowest BCUT2D eigenvalue weighted by Gasteiger charge is -2.33. The van der Waals surface area contributed by atoms with Crippen molar-refractivity contribution in [2.75, 3.05) is 39.9 Å². The summed E-state index contributed by atoms with van der Waals surface area (Å²) in [6.07, 6.45) is 6.16. The molecule has 4 heteroatoms. The summed E-state index contributed by atoms with van der Waals surface area (Å²) in [7, 11) is 1.71. The molecule has 1 amide bonds. The molecule has 0 aromatic rings. The molecule has 108 valence electrons. The Hall–Kier alpha value is -0.610. The van der Waals surface area contributed by atoms with Crippen molar-refractivity contribution in [3.8, 4) is 0 Å². The highest BCUT2D eigenvalue weighted by Crippen LogP contribution is 2.37. The van der Waals surface area contributed by atoms with Crippen molar-refractivity contribution in [1.29, 1.82) is 0 Å². The van der Waals surface area contributed by atoms with Crippen LogP contribution in [-0.2, 0) is 9.53 Å². The number of carbonyl (C=O) groups excluding carboxylic acids is 1. The zero-order valence-electron chi connectivity index (χ0n) is 12.0. The summed E-state index contributed by atoms with van der Waals surface area (Å²) in [5.74, 6) is 1.89. The molecular formula is C15H26N2O2. The number of amides is 1. The Labute approximate surface area is 115 Å². The van der Waals surface area contributed by atoms with Crippen LogP contribution in [0.1, 0.15) is 32.1 Å². The molecule has 2 aliphatic carbocycles. The van der Waals surface area contributed by atoms with Gasteiger partial charge in [-0.05, 0) is 50.5 Å². The van der Waals surface area contributed by atoms with E-state index in [0.717, 1.165) is 44.4 Å². The van der Waals surface area contributed by atoms with E-state index in [1.807, 2.05) is 0 Å². The van der Waals surface area contributed by atoms with Crippen molar-refractivity contribution < 1.29 is 9.53 Å². The lowest BCUT2D eigenvalue weighted by Crippen LogP contribution is -2.49. The molecule has 4 nitrogen and oxygen atoms in total. The average Bonchev–Trinajstić information content (AvgIpc) is 3.32. The molecule has 1 unspecified atom stereocenters. The predicted octanol–water partition coefficient (Wildman–Crippen LogP) is 1.26. The summed E-state index contributed by atoms with van der Waals surface area (Å²) < 4.78 is 5.35. The summed E-state index contributed by atoms with van der Waals surface area (Å²) in [4.78, 5) is 15.2. The van der Waals surface area contributed by atoms with Gasteiger partial charge in [0.1, 0.15) is 0 Å². The first-order valence-corrected chi connectivity index (χ1v) is 7.72. The van der Waals surface area contributed by atoms with E-state index in [1.165, 1.54) is 25.7 Å². The van der Waals surface area contributed by atoms with Gasteiger partial charge in [-0.3, -0.25) is 4.79 Å². The maximum atomic E-state index is 13.0. The van der Waals surface area contributed by atoms with Gasteiger partial charge in [0.2, 0.25) is 5.91 Å². The molecule has 3 rings (SSSR count). The van der Waals surface area contributed by atoms with E-state index in [1.54, 1.807) is 7.11 Å². The number of nitrogens with one attached hydrogen (secondary N) is 1. The van der Waals surface area contributed by atoms with Crippen LogP contribution in [0.2, 0.25) is 0 Å². The van der Waals surface area contributed by atoms with Crippen molar-refractivity contribution in [3.05, 3.63) is 0 Å². The SMILES string of the molecule is COCC1(C(=O)N(CC2CC2)CC2CC2)CCNC1. The van der Waals surface area contributed by atoms with E-state index in [2.05, 4.69) is 10.2 Å². The fraction of sp³-hybridized carbons (Fsp3) is 0.933. The van der Waals surface area contributed by atoms with Crippen molar-refractivity contribution in [2.45, 2.75) is 32.1 Å². The molecule has 3 fully saturated rings. The van der Waals surface area contributed by atoms with Gasteiger partial charge >= 0.3 is 0 Å². The smallest absolute Gasteiger partial charge is 0.232 e. The first kappa shape index (κ1) is 13.4. The minimum Gasteiger partial charge on any atom is -0.384 e. The van der Waals surface area contributed by atoms with Gasteiger partial charge in [0.15, 0.2) is 0 Å². The second kappa shape index (κ2) is 5.41. The molecule has 19 heavy (non-hydrogen) atoms. The van der Waals surface area contributed by atoms with Crippen molar-refractivity contribution in [2.24, 2.45) is 17.3 Å². The van der Waals surface area contributed by atoms with Gasteiger partial charge in [0.25, 0.3) is 0 Å². The lowest BCUT2D eigenvalue weighted by molar-refractivity contribution is -0.144. The van der Waals surface area contributed by atoms with Crippen LogP contribution in [0.4, 0.5) is 0 Å². The molecule has 0 spiro atoms. The number of hydrogen-bond acceptors (Lipinski definition) is 3. The lowest BCUT2D eigenvalue weighted by atomic mass is 9.86. The number of carbonyl (C=O) groups is 1. The van der Waals surface area contributed by atoms with E-state index in [-0.39, 0.29) is 5.41 Å². The molecule has 0 aromatic heterocycles. The highest BCUT2D eigenvalue weighted by atomic mass is 16.5. The monoisotopic (exact) mass is 266 g/mol. The van der Waals surface area contributed by atoms with E-state index in [4.69, 9.17) is 4.74 Å². The van der Waals surface area contributed by atoms with E-state index < -0.39 is 0 Å². The van der Waals surface area contributed by atoms with Gasteiger partial charge < -0.3 is 15.0 Å². The first-order chi connectivity index (χ1) is 9.23. The quantitative estimate of drug-likeness (QED) is 0.754. The number of methoxy groups -OCH3 is 1. The molecular weight excluding hydrogens is 240 g/mol. The Morgan fingerprint density at radius 2 is 1.89 bits per heavy atom. The molecule has 1 saturated heterocycles. The minimum atomic E-state index is -0.293. The molecule has 0 bridgehead atoms. The zero-order chi connectivity index (χ0) is 13.3. The van der Waals surface area contributed by atoms with Crippen molar-refractivity contribution in [3.63, 3.8) is 0 Å². The Bertz CT molecular complexity index is 317. The standard InChI is InChI=1S/C15H26N2O2/c1-19-11-15(6-7-16-10-15)14(18)17(8-12-2-3-12)9-13-4-5-13/h12-13,16H,2-11H2,1H3. The highest BCUT2D eigenvalue weighted by Gasteiger charge is 2.45. The first-order valence-electron chi connectivity index (χ1n) is 7.72. The molecule has 0 radical (unpaired) electrons. The van der Waals surface area contributed by atoms with Gasteiger partial charge in [0.05, 0.1) is 12.0 Å². The zero-order valence-corrected chi connectivity index (χ0v) is 12.0.